The van der Waals surface area contributed by atoms with Crippen LogP contribution in [-0.2, 0) is 6.18 Å². The molecule has 3 rings (SSSR count). The molecule has 1 amide bonds. The fourth-order valence-electron chi connectivity index (χ4n) is 2.58. The molecular formula is C17H13F4NOS. The van der Waals surface area contributed by atoms with Gasteiger partial charge in [0.05, 0.1) is 11.1 Å². The van der Waals surface area contributed by atoms with Gasteiger partial charge in [-0.2, -0.15) is 13.2 Å². The Morgan fingerprint density at radius 1 is 1.08 bits per heavy atom. The molecule has 2 aromatic rings. The topological polar surface area (TPSA) is 20.3 Å². The molecule has 0 spiro atoms. The lowest BCUT2D eigenvalue weighted by atomic mass is 10.1. The molecule has 1 unspecified atom stereocenters. The van der Waals surface area contributed by atoms with Crippen molar-refractivity contribution in [1.82, 2.24) is 4.90 Å². The Bertz CT molecular complexity index is 745. The van der Waals surface area contributed by atoms with E-state index in [9.17, 15) is 22.4 Å². The Kier molecular flexibility index (Phi) is 4.54. The van der Waals surface area contributed by atoms with E-state index in [0.717, 1.165) is 12.1 Å². The van der Waals surface area contributed by atoms with E-state index in [0.29, 0.717) is 17.9 Å². The van der Waals surface area contributed by atoms with Gasteiger partial charge < -0.3 is 4.90 Å². The van der Waals surface area contributed by atoms with Gasteiger partial charge in [-0.05, 0) is 29.8 Å². The van der Waals surface area contributed by atoms with Crippen LogP contribution in [0, 0.1) is 5.82 Å². The second-order valence-corrected chi connectivity index (χ2v) is 6.51. The number of carbonyl (C=O) groups is 1. The lowest BCUT2D eigenvalue weighted by Gasteiger charge is -2.24. The van der Waals surface area contributed by atoms with Crippen molar-refractivity contribution >= 4 is 17.7 Å². The van der Waals surface area contributed by atoms with Crippen LogP contribution < -0.4 is 0 Å². The zero-order chi connectivity index (χ0) is 17.3. The highest BCUT2D eigenvalue weighted by Gasteiger charge is 2.34. The zero-order valence-electron chi connectivity index (χ0n) is 12.4. The van der Waals surface area contributed by atoms with Gasteiger partial charge in [-0.3, -0.25) is 4.79 Å². The minimum absolute atomic E-state index is 0.0306. The summed E-state index contributed by atoms with van der Waals surface area (Å²) in [6.45, 7) is 0.420. The summed E-state index contributed by atoms with van der Waals surface area (Å²) in [4.78, 5) is 14.1. The molecule has 0 radical (unpaired) electrons. The highest BCUT2D eigenvalue weighted by Crippen LogP contribution is 2.40. The standard InChI is InChI=1S/C17H13F4NOS/c18-14-4-2-1-3-13(14)15(23)22-9-10-24-16(22)11-5-7-12(8-6-11)17(19,20)21/h1-8,16H,9-10H2. The van der Waals surface area contributed by atoms with Gasteiger partial charge in [0.15, 0.2) is 0 Å². The summed E-state index contributed by atoms with van der Waals surface area (Å²) < 4.78 is 51.8. The summed E-state index contributed by atoms with van der Waals surface area (Å²) in [5.74, 6) is -0.417. The van der Waals surface area contributed by atoms with Gasteiger partial charge in [-0.1, -0.05) is 24.3 Å². The summed E-state index contributed by atoms with van der Waals surface area (Å²) in [6, 6.07) is 10.4. The van der Waals surface area contributed by atoms with E-state index in [4.69, 9.17) is 0 Å². The third-order valence-electron chi connectivity index (χ3n) is 3.78. The SMILES string of the molecule is O=C(c1ccccc1F)N1CCSC1c1ccc(C(F)(F)F)cc1. The van der Waals surface area contributed by atoms with Crippen molar-refractivity contribution in [2.24, 2.45) is 0 Å². The van der Waals surface area contributed by atoms with Gasteiger partial charge in [0.25, 0.3) is 5.91 Å². The highest BCUT2D eigenvalue weighted by atomic mass is 32.2. The molecule has 1 fully saturated rings. The molecule has 1 aliphatic heterocycles. The maximum atomic E-state index is 13.8. The van der Waals surface area contributed by atoms with Crippen molar-refractivity contribution in [3.8, 4) is 0 Å². The number of halogens is 4. The van der Waals surface area contributed by atoms with Gasteiger partial charge >= 0.3 is 6.18 Å². The zero-order valence-corrected chi connectivity index (χ0v) is 13.2. The molecule has 126 valence electrons. The third kappa shape index (κ3) is 3.26. The number of alkyl halides is 3. The molecule has 0 saturated carbocycles. The number of carbonyl (C=O) groups excluding carboxylic acids is 1. The first-order chi connectivity index (χ1) is 11.4. The van der Waals surface area contributed by atoms with Gasteiger partial charge in [0, 0.05) is 12.3 Å². The number of hydrogen-bond donors (Lipinski definition) is 0. The normalized spacial score (nSPS) is 18.0. The summed E-state index contributed by atoms with van der Waals surface area (Å²) in [6.07, 6.45) is -4.40. The summed E-state index contributed by atoms with van der Waals surface area (Å²) in [5, 5.41) is -0.417. The lowest BCUT2D eigenvalue weighted by Crippen LogP contribution is -2.31. The largest absolute Gasteiger partial charge is 0.416 e. The molecule has 0 aliphatic carbocycles. The quantitative estimate of drug-likeness (QED) is 0.726. The average Bonchev–Trinajstić information content (AvgIpc) is 3.03. The summed E-state index contributed by atoms with van der Waals surface area (Å²) in [5.41, 5.74) is -0.173. The predicted molar refractivity (Wildman–Crippen MR) is 84.1 cm³/mol. The van der Waals surface area contributed by atoms with E-state index in [1.165, 1.54) is 47.0 Å². The molecular weight excluding hydrogens is 342 g/mol. The van der Waals surface area contributed by atoms with E-state index >= 15 is 0 Å². The monoisotopic (exact) mass is 355 g/mol. The van der Waals surface area contributed by atoms with Crippen molar-refractivity contribution in [3.05, 3.63) is 71.0 Å². The molecule has 1 saturated heterocycles. The van der Waals surface area contributed by atoms with Crippen LogP contribution in [0.1, 0.15) is 26.9 Å². The second kappa shape index (κ2) is 6.47. The first-order valence-electron chi connectivity index (χ1n) is 7.22. The number of benzene rings is 2. The van der Waals surface area contributed by atoms with Crippen molar-refractivity contribution in [3.63, 3.8) is 0 Å². The number of nitrogens with zero attached hydrogens (tertiary/aromatic N) is 1. The number of hydrogen-bond acceptors (Lipinski definition) is 2. The van der Waals surface area contributed by atoms with E-state index in [1.54, 1.807) is 6.07 Å². The maximum absolute atomic E-state index is 13.8. The van der Waals surface area contributed by atoms with Gasteiger partial charge in [0.2, 0.25) is 0 Å². The predicted octanol–water partition coefficient (Wildman–Crippen LogP) is 4.73. The Morgan fingerprint density at radius 3 is 2.38 bits per heavy atom. The van der Waals surface area contributed by atoms with Crippen LogP contribution in [0.5, 0.6) is 0 Å². The van der Waals surface area contributed by atoms with Crippen LogP contribution in [0.2, 0.25) is 0 Å². The highest BCUT2D eigenvalue weighted by molar-refractivity contribution is 7.99. The molecule has 1 heterocycles. The Labute approximate surface area is 140 Å². The van der Waals surface area contributed by atoms with Crippen molar-refractivity contribution < 1.29 is 22.4 Å². The molecule has 0 N–H and O–H groups in total. The smallest absolute Gasteiger partial charge is 0.322 e. The molecule has 0 aromatic heterocycles. The summed E-state index contributed by atoms with van der Waals surface area (Å²) in [7, 11) is 0. The van der Waals surface area contributed by atoms with Gasteiger partial charge in [-0.25, -0.2) is 4.39 Å². The molecule has 2 nitrogen and oxygen atoms in total. The van der Waals surface area contributed by atoms with Crippen molar-refractivity contribution in [2.45, 2.75) is 11.6 Å². The molecule has 1 aliphatic rings. The Balaban J connectivity index is 1.86. The van der Waals surface area contributed by atoms with Gasteiger partial charge in [-0.15, -0.1) is 11.8 Å². The van der Waals surface area contributed by atoms with Crippen LogP contribution in [0.3, 0.4) is 0 Å². The van der Waals surface area contributed by atoms with Crippen LogP contribution in [0.15, 0.2) is 48.5 Å². The second-order valence-electron chi connectivity index (χ2n) is 5.32. The van der Waals surface area contributed by atoms with E-state index in [-0.39, 0.29) is 5.56 Å². The van der Waals surface area contributed by atoms with Crippen LogP contribution in [0.4, 0.5) is 17.6 Å². The first-order valence-corrected chi connectivity index (χ1v) is 8.27. The number of thioether (sulfide) groups is 1. The molecule has 0 bridgehead atoms. The third-order valence-corrected chi connectivity index (χ3v) is 5.04. The van der Waals surface area contributed by atoms with Crippen molar-refractivity contribution in [2.75, 3.05) is 12.3 Å². The molecule has 1 atom stereocenters. The minimum Gasteiger partial charge on any atom is -0.322 e. The Morgan fingerprint density at radius 2 is 1.75 bits per heavy atom. The Hall–Kier alpha value is -2.02. The van der Waals surface area contributed by atoms with E-state index in [1.807, 2.05) is 0 Å². The summed E-state index contributed by atoms with van der Waals surface area (Å²) >= 11 is 1.45. The van der Waals surface area contributed by atoms with Crippen LogP contribution >= 0.6 is 11.8 Å². The molecule has 7 heteroatoms. The van der Waals surface area contributed by atoms with Crippen LogP contribution in [0.25, 0.3) is 0 Å². The minimum atomic E-state index is -4.40. The fraction of sp³-hybridized carbons (Fsp3) is 0.235. The number of amides is 1. The van der Waals surface area contributed by atoms with Crippen molar-refractivity contribution in [1.29, 1.82) is 0 Å². The van der Waals surface area contributed by atoms with E-state index < -0.39 is 28.8 Å². The average molecular weight is 355 g/mol. The fourth-order valence-corrected chi connectivity index (χ4v) is 3.84. The number of rotatable bonds is 2. The first kappa shape index (κ1) is 16.8. The molecule has 24 heavy (non-hydrogen) atoms. The molecule has 2 aromatic carbocycles. The maximum Gasteiger partial charge on any atom is 0.416 e. The van der Waals surface area contributed by atoms with Crippen LogP contribution in [-0.4, -0.2) is 23.1 Å². The van der Waals surface area contributed by atoms with E-state index in [2.05, 4.69) is 0 Å². The van der Waals surface area contributed by atoms with Gasteiger partial charge in [0.1, 0.15) is 11.2 Å². The lowest BCUT2D eigenvalue weighted by molar-refractivity contribution is -0.137.